The molecule has 0 amide bonds. The lowest BCUT2D eigenvalue weighted by Crippen LogP contribution is -2.27. The molecule has 0 aliphatic heterocycles. The fourth-order valence-electron chi connectivity index (χ4n) is 2.11. The number of rotatable bonds is 8. The third-order valence-corrected chi connectivity index (χ3v) is 5.04. The molecule has 20 heavy (non-hydrogen) atoms. The average molecular weight is 307 g/mol. The van der Waals surface area contributed by atoms with Gasteiger partial charge in [0, 0.05) is 28.8 Å². The molecule has 0 saturated heterocycles. The Hall–Kier alpha value is -0.850. The predicted molar refractivity (Wildman–Crippen MR) is 88.8 cm³/mol. The first-order valence-electron chi connectivity index (χ1n) is 6.70. The van der Waals surface area contributed by atoms with Crippen molar-refractivity contribution in [1.82, 2.24) is 9.73 Å². The van der Waals surface area contributed by atoms with Gasteiger partial charge in [0.15, 0.2) is 0 Å². The number of nitrogens with two attached hydrogens (primary N) is 1. The maximum Gasteiger partial charge on any atom is 0.0230 e. The van der Waals surface area contributed by atoms with Gasteiger partial charge in [0.25, 0.3) is 0 Å². The highest BCUT2D eigenvalue weighted by Crippen LogP contribution is 2.29. The zero-order chi connectivity index (χ0) is 14.2. The van der Waals surface area contributed by atoms with Gasteiger partial charge in [0.2, 0.25) is 0 Å². The lowest BCUT2D eigenvalue weighted by molar-refractivity contribution is 0.467. The van der Waals surface area contributed by atoms with Gasteiger partial charge in [0.1, 0.15) is 0 Å². The zero-order valence-electron chi connectivity index (χ0n) is 11.7. The lowest BCUT2D eigenvalue weighted by Gasteiger charge is -2.22. The molecular formula is C15H21N3S2. The van der Waals surface area contributed by atoms with Crippen molar-refractivity contribution in [2.45, 2.75) is 17.2 Å². The summed E-state index contributed by atoms with van der Waals surface area (Å²) >= 11 is 3.61. The lowest BCUT2D eigenvalue weighted by atomic mass is 10.0. The Morgan fingerprint density at radius 2 is 2.05 bits per heavy atom. The van der Waals surface area contributed by atoms with Crippen molar-refractivity contribution in [3.63, 3.8) is 0 Å². The van der Waals surface area contributed by atoms with Crippen LogP contribution in [-0.4, -0.2) is 24.4 Å². The largest absolute Gasteiger partial charge is 0.271 e. The van der Waals surface area contributed by atoms with Crippen molar-refractivity contribution in [1.29, 1.82) is 0 Å². The zero-order valence-corrected chi connectivity index (χ0v) is 13.3. The van der Waals surface area contributed by atoms with E-state index in [1.807, 2.05) is 17.4 Å². The molecule has 1 aromatic carbocycles. The topological polar surface area (TPSA) is 41.3 Å². The first-order chi connectivity index (χ1) is 9.79. The van der Waals surface area contributed by atoms with Crippen LogP contribution in [-0.2, 0) is 0 Å². The first kappa shape index (κ1) is 15.5. The van der Waals surface area contributed by atoms with E-state index in [1.165, 1.54) is 9.77 Å². The van der Waals surface area contributed by atoms with Gasteiger partial charge >= 0.3 is 0 Å². The molecule has 0 aliphatic carbocycles. The van der Waals surface area contributed by atoms with E-state index >= 15 is 0 Å². The second kappa shape index (κ2) is 8.44. The molecule has 2 rings (SSSR count). The summed E-state index contributed by atoms with van der Waals surface area (Å²) in [6, 6.07) is 14.8. The highest BCUT2D eigenvalue weighted by molar-refractivity contribution is 7.97. The van der Waals surface area contributed by atoms with E-state index in [2.05, 4.69) is 58.6 Å². The molecule has 1 aromatic heterocycles. The fourth-order valence-corrected chi connectivity index (χ4v) is 3.86. The van der Waals surface area contributed by atoms with Crippen LogP contribution < -0.4 is 11.3 Å². The third-order valence-electron chi connectivity index (χ3n) is 3.06. The molecule has 2 aromatic rings. The summed E-state index contributed by atoms with van der Waals surface area (Å²) in [6.07, 6.45) is 1.05. The van der Waals surface area contributed by atoms with Gasteiger partial charge in [-0.1, -0.05) is 24.3 Å². The molecule has 0 fully saturated rings. The maximum atomic E-state index is 5.42. The Bertz CT molecular complexity index is 473. The second-order valence-electron chi connectivity index (χ2n) is 4.67. The van der Waals surface area contributed by atoms with E-state index in [0.717, 1.165) is 19.5 Å². The summed E-state index contributed by atoms with van der Waals surface area (Å²) in [5, 5.41) is 2.14. The standard InChI is InChI=1S/C15H21N3S2/c1-18(20-14-6-3-2-4-7-14)12-13(9-10-17-16)15-8-5-11-19-15/h2-8,11,13,17H,9-10,12,16H2,1H3. The van der Waals surface area contributed by atoms with Crippen LogP contribution in [0.15, 0.2) is 52.7 Å². The minimum absolute atomic E-state index is 0.521. The van der Waals surface area contributed by atoms with Gasteiger partial charge in [0.05, 0.1) is 0 Å². The molecule has 5 heteroatoms. The van der Waals surface area contributed by atoms with Crippen LogP contribution >= 0.6 is 23.3 Å². The van der Waals surface area contributed by atoms with E-state index < -0.39 is 0 Å². The highest BCUT2D eigenvalue weighted by Gasteiger charge is 2.15. The Morgan fingerprint density at radius 1 is 1.25 bits per heavy atom. The Balaban J connectivity index is 1.93. The minimum atomic E-state index is 0.521. The molecule has 3 N–H and O–H groups in total. The van der Waals surface area contributed by atoms with Gasteiger partial charge in [-0.25, -0.2) is 4.31 Å². The fraction of sp³-hybridized carbons (Fsp3) is 0.333. The number of nitrogens with one attached hydrogen (secondary N) is 1. The van der Waals surface area contributed by atoms with E-state index in [4.69, 9.17) is 5.84 Å². The summed E-state index contributed by atoms with van der Waals surface area (Å²) < 4.78 is 2.30. The summed E-state index contributed by atoms with van der Waals surface area (Å²) in [5.74, 6) is 5.94. The Labute approximate surface area is 129 Å². The molecule has 1 unspecified atom stereocenters. The van der Waals surface area contributed by atoms with Gasteiger partial charge < -0.3 is 0 Å². The maximum absolute atomic E-state index is 5.42. The van der Waals surface area contributed by atoms with Gasteiger partial charge in [-0.05, 0) is 49.0 Å². The number of likely N-dealkylation sites (N-methyl/N-ethyl adjacent to an activating group) is 1. The Kier molecular flexibility index (Phi) is 6.56. The first-order valence-corrected chi connectivity index (χ1v) is 8.36. The third kappa shape index (κ3) is 4.92. The van der Waals surface area contributed by atoms with Crippen LogP contribution in [0.3, 0.4) is 0 Å². The molecule has 108 valence electrons. The summed E-state index contributed by atoms with van der Waals surface area (Å²) in [5.41, 5.74) is 2.76. The number of hydrazine groups is 1. The molecule has 0 radical (unpaired) electrons. The van der Waals surface area contributed by atoms with Crippen molar-refractivity contribution in [2.24, 2.45) is 5.84 Å². The van der Waals surface area contributed by atoms with E-state index in [-0.39, 0.29) is 0 Å². The average Bonchev–Trinajstić information content (AvgIpc) is 2.98. The van der Waals surface area contributed by atoms with Gasteiger partial charge in [-0.15, -0.1) is 11.3 Å². The molecule has 0 saturated carbocycles. The van der Waals surface area contributed by atoms with Crippen molar-refractivity contribution >= 4 is 23.3 Å². The molecule has 1 atom stereocenters. The smallest absolute Gasteiger partial charge is 0.0230 e. The van der Waals surface area contributed by atoms with Crippen LogP contribution in [0.25, 0.3) is 0 Å². The normalized spacial score (nSPS) is 12.8. The van der Waals surface area contributed by atoms with Crippen LogP contribution in [0.1, 0.15) is 17.2 Å². The van der Waals surface area contributed by atoms with Crippen LogP contribution in [0.4, 0.5) is 0 Å². The Morgan fingerprint density at radius 3 is 2.70 bits per heavy atom. The highest BCUT2D eigenvalue weighted by atomic mass is 32.2. The van der Waals surface area contributed by atoms with Crippen LogP contribution in [0.5, 0.6) is 0 Å². The molecule has 0 bridgehead atoms. The van der Waals surface area contributed by atoms with E-state index in [0.29, 0.717) is 5.92 Å². The summed E-state index contributed by atoms with van der Waals surface area (Å²) in [7, 11) is 2.15. The van der Waals surface area contributed by atoms with Gasteiger partial charge in [-0.3, -0.25) is 11.3 Å². The minimum Gasteiger partial charge on any atom is -0.271 e. The monoisotopic (exact) mass is 307 g/mol. The summed E-state index contributed by atoms with van der Waals surface area (Å²) in [6.45, 7) is 1.86. The molecule has 0 spiro atoms. The van der Waals surface area contributed by atoms with E-state index in [1.54, 1.807) is 11.9 Å². The van der Waals surface area contributed by atoms with Crippen LogP contribution in [0.2, 0.25) is 0 Å². The number of benzene rings is 1. The molecule has 0 aliphatic rings. The molecular weight excluding hydrogens is 286 g/mol. The van der Waals surface area contributed by atoms with Crippen molar-refractivity contribution < 1.29 is 0 Å². The van der Waals surface area contributed by atoms with Crippen molar-refractivity contribution in [3.05, 3.63) is 52.7 Å². The predicted octanol–water partition coefficient (Wildman–Crippen LogP) is 3.32. The quantitative estimate of drug-likeness (QED) is 0.446. The number of thiophene rings is 1. The van der Waals surface area contributed by atoms with Gasteiger partial charge in [-0.2, -0.15) is 0 Å². The SMILES string of the molecule is CN(CC(CCNN)c1cccs1)Sc1ccccc1. The summed E-state index contributed by atoms with van der Waals surface area (Å²) in [4.78, 5) is 2.71. The second-order valence-corrected chi connectivity index (χ2v) is 6.93. The van der Waals surface area contributed by atoms with Crippen molar-refractivity contribution in [2.75, 3.05) is 20.1 Å². The van der Waals surface area contributed by atoms with Crippen LogP contribution in [0, 0.1) is 0 Å². The number of nitrogens with zero attached hydrogens (tertiary/aromatic N) is 1. The van der Waals surface area contributed by atoms with E-state index in [9.17, 15) is 0 Å². The van der Waals surface area contributed by atoms with Crippen molar-refractivity contribution in [3.8, 4) is 0 Å². The number of hydrogen-bond donors (Lipinski definition) is 2. The number of hydrogen-bond acceptors (Lipinski definition) is 5. The molecule has 3 nitrogen and oxygen atoms in total. The molecule has 1 heterocycles.